The van der Waals surface area contributed by atoms with E-state index in [1.54, 1.807) is 11.3 Å². The summed E-state index contributed by atoms with van der Waals surface area (Å²) in [4.78, 5) is 4.19. The second-order valence-corrected chi connectivity index (χ2v) is 2.93. The van der Waals surface area contributed by atoms with Crippen LogP contribution in [-0.2, 0) is 5.88 Å². The normalized spacial score (nSPS) is 9.80. The highest BCUT2D eigenvalue weighted by atomic mass is 35.5. The maximum atomic E-state index is 5.56. The highest BCUT2D eigenvalue weighted by Crippen LogP contribution is 2.15. The average molecular weight is 177 g/mol. The number of nitrogens with one attached hydrogen (secondary N) is 1. The Balaban J connectivity index is 2.59. The van der Waals surface area contributed by atoms with E-state index in [-0.39, 0.29) is 0 Å². The molecule has 0 atom stereocenters. The number of halogens is 1. The third-order valence-electron chi connectivity index (χ3n) is 1.02. The standard InChI is InChI=1S/C6H9ClN2S/c1-2-8-6-9-5(3-7)4-10-6/h4H,2-3H2,1H3,(H,8,9). The third-order valence-corrected chi connectivity index (χ3v) is 2.14. The smallest absolute Gasteiger partial charge is 0.182 e. The number of aromatic nitrogens is 1. The molecule has 0 amide bonds. The Morgan fingerprint density at radius 1 is 1.80 bits per heavy atom. The van der Waals surface area contributed by atoms with Crippen LogP contribution in [0, 0.1) is 0 Å². The van der Waals surface area contributed by atoms with Gasteiger partial charge >= 0.3 is 0 Å². The third kappa shape index (κ3) is 1.85. The zero-order valence-corrected chi connectivity index (χ0v) is 7.30. The first kappa shape index (κ1) is 7.82. The summed E-state index contributed by atoms with van der Waals surface area (Å²) in [6.45, 7) is 2.96. The van der Waals surface area contributed by atoms with E-state index in [1.807, 2.05) is 12.3 Å². The molecular formula is C6H9ClN2S. The van der Waals surface area contributed by atoms with E-state index >= 15 is 0 Å². The Labute approximate surface area is 69.2 Å². The van der Waals surface area contributed by atoms with Crippen LogP contribution >= 0.6 is 22.9 Å². The molecule has 0 spiro atoms. The molecule has 0 aromatic carbocycles. The van der Waals surface area contributed by atoms with Crippen molar-refractivity contribution in [3.05, 3.63) is 11.1 Å². The van der Waals surface area contributed by atoms with Crippen LogP contribution in [0.2, 0.25) is 0 Å². The fourth-order valence-electron chi connectivity index (χ4n) is 0.601. The first-order valence-corrected chi connectivity index (χ1v) is 4.52. The lowest BCUT2D eigenvalue weighted by molar-refractivity contribution is 1.15. The number of thiazole rings is 1. The highest BCUT2D eigenvalue weighted by molar-refractivity contribution is 7.13. The average Bonchev–Trinajstić information content (AvgIpc) is 2.37. The molecule has 1 heterocycles. The molecule has 0 aliphatic heterocycles. The zero-order chi connectivity index (χ0) is 7.40. The van der Waals surface area contributed by atoms with Crippen LogP contribution in [-0.4, -0.2) is 11.5 Å². The van der Waals surface area contributed by atoms with Gasteiger partial charge in [0.15, 0.2) is 5.13 Å². The number of hydrogen-bond acceptors (Lipinski definition) is 3. The van der Waals surface area contributed by atoms with Crippen LogP contribution in [0.1, 0.15) is 12.6 Å². The Hall–Kier alpha value is -0.280. The number of anilines is 1. The van der Waals surface area contributed by atoms with Gasteiger partial charge in [0.25, 0.3) is 0 Å². The van der Waals surface area contributed by atoms with E-state index in [4.69, 9.17) is 11.6 Å². The Bertz CT molecular complexity index is 199. The predicted octanol–water partition coefficient (Wildman–Crippen LogP) is 2.31. The lowest BCUT2D eigenvalue weighted by Crippen LogP contribution is -1.95. The fraction of sp³-hybridized carbons (Fsp3) is 0.500. The monoisotopic (exact) mass is 176 g/mol. The van der Waals surface area contributed by atoms with Crippen LogP contribution in [0.5, 0.6) is 0 Å². The largest absolute Gasteiger partial charge is 0.362 e. The number of rotatable bonds is 3. The van der Waals surface area contributed by atoms with Gasteiger partial charge in [-0.2, -0.15) is 0 Å². The molecule has 1 aromatic heterocycles. The second kappa shape index (κ2) is 3.78. The maximum absolute atomic E-state index is 5.56. The molecule has 4 heteroatoms. The lowest BCUT2D eigenvalue weighted by atomic mass is 10.6. The first-order chi connectivity index (χ1) is 4.86. The summed E-state index contributed by atoms with van der Waals surface area (Å²) in [6.07, 6.45) is 0. The minimum Gasteiger partial charge on any atom is -0.362 e. The van der Waals surface area contributed by atoms with E-state index in [2.05, 4.69) is 10.3 Å². The summed E-state index contributed by atoms with van der Waals surface area (Å²) in [5.74, 6) is 0.502. The summed E-state index contributed by atoms with van der Waals surface area (Å²) in [5.41, 5.74) is 0.947. The summed E-state index contributed by atoms with van der Waals surface area (Å²) < 4.78 is 0. The lowest BCUT2D eigenvalue weighted by Gasteiger charge is -1.92. The maximum Gasteiger partial charge on any atom is 0.182 e. The highest BCUT2D eigenvalue weighted by Gasteiger charge is 1.96. The van der Waals surface area contributed by atoms with Gasteiger partial charge in [-0.15, -0.1) is 22.9 Å². The quantitative estimate of drug-likeness (QED) is 0.716. The fourth-order valence-corrected chi connectivity index (χ4v) is 1.61. The van der Waals surface area contributed by atoms with E-state index < -0.39 is 0 Å². The zero-order valence-electron chi connectivity index (χ0n) is 5.72. The molecule has 10 heavy (non-hydrogen) atoms. The first-order valence-electron chi connectivity index (χ1n) is 3.11. The second-order valence-electron chi connectivity index (χ2n) is 1.81. The Morgan fingerprint density at radius 3 is 3.10 bits per heavy atom. The number of nitrogens with zero attached hydrogens (tertiary/aromatic N) is 1. The Kier molecular flexibility index (Phi) is 2.96. The molecule has 0 saturated heterocycles. The summed E-state index contributed by atoms with van der Waals surface area (Å²) in [6, 6.07) is 0. The molecule has 0 radical (unpaired) electrons. The molecule has 1 aromatic rings. The van der Waals surface area contributed by atoms with Crippen molar-refractivity contribution in [3.63, 3.8) is 0 Å². The minimum atomic E-state index is 0.502. The van der Waals surface area contributed by atoms with Crippen molar-refractivity contribution in [1.29, 1.82) is 0 Å². The van der Waals surface area contributed by atoms with E-state index in [1.165, 1.54) is 0 Å². The minimum absolute atomic E-state index is 0.502. The van der Waals surface area contributed by atoms with Gasteiger partial charge in [0.1, 0.15) is 0 Å². The van der Waals surface area contributed by atoms with Gasteiger partial charge in [-0.25, -0.2) is 4.98 Å². The molecule has 0 unspecified atom stereocenters. The van der Waals surface area contributed by atoms with Crippen molar-refractivity contribution < 1.29 is 0 Å². The molecule has 56 valence electrons. The SMILES string of the molecule is CCNc1nc(CCl)cs1. The molecule has 2 nitrogen and oxygen atoms in total. The van der Waals surface area contributed by atoms with Crippen molar-refractivity contribution in [1.82, 2.24) is 4.98 Å². The summed E-state index contributed by atoms with van der Waals surface area (Å²) in [7, 11) is 0. The van der Waals surface area contributed by atoms with Crippen LogP contribution < -0.4 is 5.32 Å². The van der Waals surface area contributed by atoms with Crippen molar-refractivity contribution >= 4 is 28.1 Å². The molecule has 0 aliphatic rings. The van der Waals surface area contributed by atoms with Gasteiger partial charge in [0.2, 0.25) is 0 Å². The van der Waals surface area contributed by atoms with Crippen LogP contribution in [0.15, 0.2) is 5.38 Å². The molecule has 1 N–H and O–H groups in total. The van der Waals surface area contributed by atoms with Gasteiger partial charge < -0.3 is 5.32 Å². The van der Waals surface area contributed by atoms with Gasteiger partial charge in [-0.3, -0.25) is 0 Å². The summed E-state index contributed by atoms with van der Waals surface area (Å²) >= 11 is 7.15. The Morgan fingerprint density at radius 2 is 2.60 bits per heavy atom. The molecule has 0 aliphatic carbocycles. The van der Waals surface area contributed by atoms with Crippen molar-refractivity contribution in [2.45, 2.75) is 12.8 Å². The molecular weight excluding hydrogens is 168 g/mol. The van der Waals surface area contributed by atoms with Crippen LogP contribution in [0.3, 0.4) is 0 Å². The van der Waals surface area contributed by atoms with E-state index in [0.717, 1.165) is 17.4 Å². The van der Waals surface area contributed by atoms with Crippen LogP contribution in [0.4, 0.5) is 5.13 Å². The molecule has 0 bridgehead atoms. The van der Waals surface area contributed by atoms with Gasteiger partial charge in [-0.1, -0.05) is 0 Å². The van der Waals surface area contributed by atoms with Crippen molar-refractivity contribution in [2.75, 3.05) is 11.9 Å². The molecule has 1 rings (SSSR count). The van der Waals surface area contributed by atoms with Crippen molar-refractivity contribution in [2.24, 2.45) is 0 Å². The topological polar surface area (TPSA) is 24.9 Å². The van der Waals surface area contributed by atoms with Gasteiger partial charge in [0, 0.05) is 11.9 Å². The van der Waals surface area contributed by atoms with E-state index in [9.17, 15) is 0 Å². The van der Waals surface area contributed by atoms with Gasteiger partial charge in [-0.05, 0) is 6.92 Å². The molecule has 0 saturated carbocycles. The number of alkyl halides is 1. The number of hydrogen-bond donors (Lipinski definition) is 1. The van der Waals surface area contributed by atoms with E-state index in [0.29, 0.717) is 5.88 Å². The predicted molar refractivity (Wildman–Crippen MR) is 45.8 cm³/mol. The molecule has 0 fully saturated rings. The van der Waals surface area contributed by atoms with Crippen LogP contribution in [0.25, 0.3) is 0 Å². The summed E-state index contributed by atoms with van der Waals surface area (Å²) in [5, 5.41) is 6.03. The van der Waals surface area contributed by atoms with Crippen molar-refractivity contribution in [3.8, 4) is 0 Å². The van der Waals surface area contributed by atoms with Gasteiger partial charge in [0.05, 0.1) is 11.6 Å².